The maximum atomic E-state index is 12.3. The van der Waals surface area contributed by atoms with Crippen molar-refractivity contribution in [1.82, 2.24) is 15.1 Å². The lowest BCUT2D eigenvalue weighted by molar-refractivity contribution is -0.127. The summed E-state index contributed by atoms with van der Waals surface area (Å²) in [6.45, 7) is 8.68. The van der Waals surface area contributed by atoms with E-state index in [0.717, 1.165) is 51.4 Å². The Morgan fingerprint density at radius 2 is 2.09 bits per heavy atom. The van der Waals surface area contributed by atoms with Gasteiger partial charge in [-0.2, -0.15) is 0 Å². The van der Waals surface area contributed by atoms with Crippen molar-refractivity contribution in [2.24, 2.45) is 5.92 Å². The van der Waals surface area contributed by atoms with Crippen LogP contribution in [0.2, 0.25) is 0 Å². The number of piperidine rings is 1. The predicted octanol–water partition coefficient (Wildman–Crippen LogP) is 2.49. The molecule has 1 N–H and O–H groups in total. The van der Waals surface area contributed by atoms with Gasteiger partial charge in [0.05, 0.1) is 5.92 Å². The minimum absolute atomic E-state index is 0.203. The molecule has 0 unspecified atom stereocenters. The van der Waals surface area contributed by atoms with Gasteiger partial charge in [-0.05, 0) is 65.6 Å². The highest BCUT2D eigenvalue weighted by Crippen LogP contribution is 2.24. The zero-order valence-corrected chi connectivity index (χ0v) is 14.8. The minimum atomic E-state index is 0.203. The van der Waals surface area contributed by atoms with Crippen molar-refractivity contribution in [2.45, 2.75) is 70.9 Å². The maximum Gasteiger partial charge on any atom is 0.224 e. The molecule has 2 rings (SSSR count). The smallest absolute Gasteiger partial charge is 0.224 e. The molecule has 0 spiro atoms. The number of amides is 1. The molecule has 0 bridgehead atoms. The van der Waals surface area contributed by atoms with Gasteiger partial charge in [0.2, 0.25) is 5.91 Å². The molecule has 0 aromatic rings. The fourth-order valence-electron chi connectivity index (χ4n) is 3.90. The molecule has 128 valence electrons. The fourth-order valence-corrected chi connectivity index (χ4v) is 3.90. The maximum absolute atomic E-state index is 12.3. The number of hydrogen-bond donors (Lipinski definition) is 1. The van der Waals surface area contributed by atoms with Crippen LogP contribution in [0, 0.1) is 5.92 Å². The first-order valence-corrected chi connectivity index (χ1v) is 9.33. The average Bonchev–Trinajstić information content (AvgIpc) is 2.92. The van der Waals surface area contributed by atoms with Gasteiger partial charge in [0.15, 0.2) is 0 Å². The third kappa shape index (κ3) is 4.95. The Balaban J connectivity index is 1.76. The third-order valence-electron chi connectivity index (χ3n) is 5.63. The van der Waals surface area contributed by atoms with E-state index in [2.05, 4.69) is 36.0 Å². The van der Waals surface area contributed by atoms with Crippen LogP contribution in [0.4, 0.5) is 0 Å². The van der Waals surface area contributed by atoms with E-state index < -0.39 is 0 Å². The van der Waals surface area contributed by atoms with Gasteiger partial charge in [0.1, 0.15) is 0 Å². The Bertz CT molecular complexity index is 347. The molecule has 2 aliphatic rings. The summed E-state index contributed by atoms with van der Waals surface area (Å²) < 4.78 is 0. The van der Waals surface area contributed by atoms with Crippen LogP contribution in [0.1, 0.15) is 58.8 Å². The summed E-state index contributed by atoms with van der Waals surface area (Å²) in [7, 11) is 2.25. The monoisotopic (exact) mass is 309 g/mol. The highest BCUT2D eigenvalue weighted by molar-refractivity contribution is 5.78. The van der Waals surface area contributed by atoms with Gasteiger partial charge in [-0.25, -0.2) is 0 Å². The van der Waals surface area contributed by atoms with Crippen LogP contribution in [0.25, 0.3) is 0 Å². The highest BCUT2D eigenvalue weighted by Gasteiger charge is 2.30. The molecule has 0 radical (unpaired) electrons. The number of carbonyl (C=O) groups excluding carboxylic acids is 1. The summed E-state index contributed by atoms with van der Waals surface area (Å²) in [6.07, 6.45) is 8.39. The van der Waals surface area contributed by atoms with Gasteiger partial charge >= 0.3 is 0 Å². The quantitative estimate of drug-likeness (QED) is 0.734. The van der Waals surface area contributed by atoms with Crippen molar-refractivity contribution in [3.8, 4) is 0 Å². The lowest BCUT2D eigenvalue weighted by Gasteiger charge is -2.38. The van der Waals surface area contributed by atoms with E-state index in [4.69, 9.17) is 0 Å². The predicted molar refractivity (Wildman–Crippen MR) is 91.9 cm³/mol. The van der Waals surface area contributed by atoms with Crippen LogP contribution in [-0.4, -0.2) is 61.0 Å². The van der Waals surface area contributed by atoms with Gasteiger partial charge in [0.25, 0.3) is 0 Å². The number of carbonyl (C=O) groups is 1. The Hall–Kier alpha value is -0.610. The Morgan fingerprint density at radius 3 is 2.77 bits per heavy atom. The van der Waals surface area contributed by atoms with Crippen LogP contribution in [0.3, 0.4) is 0 Å². The summed E-state index contributed by atoms with van der Waals surface area (Å²) in [5.41, 5.74) is 0. The van der Waals surface area contributed by atoms with Crippen molar-refractivity contribution >= 4 is 5.91 Å². The van der Waals surface area contributed by atoms with Crippen molar-refractivity contribution < 1.29 is 4.79 Å². The molecule has 4 nitrogen and oxygen atoms in total. The summed E-state index contributed by atoms with van der Waals surface area (Å²) in [5.74, 6) is 0.484. The first kappa shape index (κ1) is 17.7. The van der Waals surface area contributed by atoms with Gasteiger partial charge < -0.3 is 10.2 Å². The molecule has 0 aromatic carbocycles. The molecule has 2 heterocycles. The van der Waals surface area contributed by atoms with Crippen molar-refractivity contribution in [3.05, 3.63) is 0 Å². The first-order chi connectivity index (χ1) is 10.6. The van der Waals surface area contributed by atoms with Crippen LogP contribution in [0.5, 0.6) is 0 Å². The summed E-state index contributed by atoms with van der Waals surface area (Å²) in [5, 5.41) is 3.12. The minimum Gasteiger partial charge on any atom is -0.356 e. The SMILES string of the molecule is CCCCNC(=O)[C@@H]1CC[C@H](C)N(CC[C@@H]2CCCN2C)C1. The third-order valence-corrected chi connectivity index (χ3v) is 5.63. The standard InChI is InChI=1S/C18H35N3O/c1-4-5-11-19-18(22)16-9-8-15(2)21(14-16)13-10-17-7-6-12-20(17)3/h15-17H,4-14H2,1-3H3,(H,19,22)/t15-,16+,17-/m0/s1. The van der Waals surface area contributed by atoms with Gasteiger partial charge in [-0.15, -0.1) is 0 Å². The molecular weight excluding hydrogens is 274 g/mol. The molecular formula is C18H35N3O. The van der Waals surface area contributed by atoms with Crippen molar-refractivity contribution in [2.75, 3.05) is 33.2 Å². The van der Waals surface area contributed by atoms with E-state index in [1.54, 1.807) is 0 Å². The lowest BCUT2D eigenvalue weighted by Crippen LogP contribution is -2.48. The zero-order valence-electron chi connectivity index (χ0n) is 14.8. The summed E-state index contributed by atoms with van der Waals surface area (Å²) in [4.78, 5) is 17.4. The number of nitrogens with one attached hydrogen (secondary N) is 1. The molecule has 22 heavy (non-hydrogen) atoms. The largest absolute Gasteiger partial charge is 0.356 e. The molecule has 0 aliphatic carbocycles. The van der Waals surface area contributed by atoms with E-state index in [-0.39, 0.29) is 11.8 Å². The number of hydrogen-bond acceptors (Lipinski definition) is 3. The van der Waals surface area contributed by atoms with E-state index >= 15 is 0 Å². The van der Waals surface area contributed by atoms with E-state index in [9.17, 15) is 4.79 Å². The molecule has 2 aliphatic heterocycles. The normalized spacial score (nSPS) is 30.6. The van der Waals surface area contributed by atoms with Crippen LogP contribution in [0.15, 0.2) is 0 Å². The fraction of sp³-hybridized carbons (Fsp3) is 0.944. The average molecular weight is 309 g/mol. The molecule has 4 heteroatoms. The number of unbranched alkanes of at least 4 members (excludes halogenated alkanes) is 1. The van der Waals surface area contributed by atoms with Gasteiger partial charge in [-0.3, -0.25) is 9.69 Å². The molecule has 1 amide bonds. The zero-order chi connectivity index (χ0) is 15.9. The first-order valence-electron chi connectivity index (χ1n) is 9.33. The highest BCUT2D eigenvalue weighted by atomic mass is 16.1. The van der Waals surface area contributed by atoms with Gasteiger partial charge in [0, 0.05) is 25.2 Å². The second kappa shape index (κ2) is 8.88. The van der Waals surface area contributed by atoms with Crippen molar-refractivity contribution in [3.63, 3.8) is 0 Å². The lowest BCUT2D eigenvalue weighted by atomic mass is 9.92. The number of rotatable bonds is 7. The van der Waals surface area contributed by atoms with E-state index in [1.165, 1.54) is 25.8 Å². The van der Waals surface area contributed by atoms with Crippen LogP contribution in [-0.2, 0) is 4.79 Å². The Labute approximate surface area is 136 Å². The van der Waals surface area contributed by atoms with Crippen LogP contribution < -0.4 is 5.32 Å². The molecule has 0 aromatic heterocycles. The summed E-state index contributed by atoms with van der Waals surface area (Å²) in [6, 6.07) is 1.39. The molecule has 2 fully saturated rings. The Kier molecular flexibility index (Phi) is 7.16. The van der Waals surface area contributed by atoms with E-state index in [1.807, 2.05) is 0 Å². The van der Waals surface area contributed by atoms with Crippen molar-refractivity contribution in [1.29, 1.82) is 0 Å². The molecule has 2 saturated heterocycles. The Morgan fingerprint density at radius 1 is 1.27 bits per heavy atom. The topological polar surface area (TPSA) is 35.6 Å². The van der Waals surface area contributed by atoms with Gasteiger partial charge in [-0.1, -0.05) is 13.3 Å². The van der Waals surface area contributed by atoms with Crippen LogP contribution >= 0.6 is 0 Å². The second-order valence-corrected chi connectivity index (χ2v) is 7.33. The molecule has 0 saturated carbocycles. The second-order valence-electron chi connectivity index (χ2n) is 7.33. The van der Waals surface area contributed by atoms with E-state index in [0.29, 0.717) is 6.04 Å². The summed E-state index contributed by atoms with van der Waals surface area (Å²) >= 11 is 0. The molecule has 3 atom stereocenters. The number of likely N-dealkylation sites (tertiary alicyclic amines) is 2. The number of nitrogens with zero attached hydrogens (tertiary/aromatic N) is 2.